The third-order valence-corrected chi connectivity index (χ3v) is 3.62. The number of imidazole rings is 1. The number of aromatic nitrogens is 2. The van der Waals surface area contributed by atoms with Crippen molar-refractivity contribution in [3.63, 3.8) is 0 Å². The van der Waals surface area contributed by atoms with E-state index in [0.29, 0.717) is 10.9 Å². The summed E-state index contributed by atoms with van der Waals surface area (Å²) < 4.78 is 7.20. The van der Waals surface area contributed by atoms with Crippen LogP contribution in [0.4, 0.5) is 5.69 Å². The van der Waals surface area contributed by atoms with Crippen molar-refractivity contribution in [2.24, 2.45) is 5.10 Å². The van der Waals surface area contributed by atoms with Crippen LogP contribution < -0.4 is 15.5 Å². The van der Waals surface area contributed by atoms with Crippen molar-refractivity contribution in [3.05, 3.63) is 72.8 Å². The molecule has 0 unspecified atom stereocenters. The Morgan fingerprint density at radius 3 is 2.72 bits per heavy atom. The molecule has 3 rings (SSSR count). The number of hydrogen-bond donors (Lipinski definition) is 2. The summed E-state index contributed by atoms with van der Waals surface area (Å²) in [4.78, 5) is 4.03. The molecule has 2 aromatic carbocycles. The highest BCUT2D eigenvalue weighted by Gasteiger charge is 2.02. The number of nitrogens with one attached hydrogen (secondary N) is 2. The van der Waals surface area contributed by atoms with Crippen LogP contribution in [-0.2, 0) is 0 Å². The molecule has 0 saturated heterocycles. The van der Waals surface area contributed by atoms with E-state index in [4.69, 9.17) is 17.0 Å². The zero-order valence-corrected chi connectivity index (χ0v) is 14.4. The number of hydrogen-bond acceptors (Lipinski definition) is 4. The van der Waals surface area contributed by atoms with Crippen molar-refractivity contribution in [2.75, 3.05) is 12.4 Å². The van der Waals surface area contributed by atoms with Crippen LogP contribution in [0.5, 0.6) is 5.75 Å². The second kappa shape index (κ2) is 8.07. The molecular weight excluding hydrogens is 334 g/mol. The lowest BCUT2D eigenvalue weighted by atomic mass is 10.2. The van der Waals surface area contributed by atoms with Gasteiger partial charge in [0.05, 0.1) is 25.3 Å². The summed E-state index contributed by atoms with van der Waals surface area (Å²) in [5, 5.41) is 7.58. The third kappa shape index (κ3) is 4.42. The van der Waals surface area contributed by atoms with Crippen LogP contribution in [0.15, 0.2) is 72.4 Å². The Morgan fingerprint density at radius 2 is 2.00 bits per heavy atom. The number of benzene rings is 2. The molecule has 0 amide bonds. The maximum atomic E-state index is 5.27. The molecule has 3 aromatic rings. The topological polar surface area (TPSA) is 63.5 Å². The van der Waals surface area contributed by atoms with Crippen LogP contribution in [-0.4, -0.2) is 28.0 Å². The standard InChI is InChI=1S/C18H17N5OS/c1-24-17-5-3-2-4-16(17)21-18(25)22-20-12-14-6-8-15(9-7-14)23-11-10-19-13-23/h2-13H,1H3,(H2,21,22,25)/b20-12+. The van der Waals surface area contributed by atoms with Gasteiger partial charge in [-0.3, -0.25) is 5.43 Å². The first-order valence-corrected chi connectivity index (χ1v) is 7.98. The van der Waals surface area contributed by atoms with E-state index in [1.54, 1.807) is 25.8 Å². The molecule has 7 heteroatoms. The minimum absolute atomic E-state index is 0.385. The van der Waals surface area contributed by atoms with Crippen molar-refractivity contribution in [3.8, 4) is 11.4 Å². The maximum Gasteiger partial charge on any atom is 0.191 e. The summed E-state index contributed by atoms with van der Waals surface area (Å²) >= 11 is 5.23. The molecule has 0 saturated carbocycles. The zero-order valence-electron chi connectivity index (χ0n) is 13.6. The van der Waals surface area contributed by atoms with Gasteiger partial charge in [0.15, 0.2) is 5.11 Å². The Hall–Kier alpha value is -3.19. The van der Waals surface area contributed by atoms with Gasteiger partial charge >= 0.3 is 0 Å². The van der Waals surface area contributed by atoms with E-state index in [-0.39, 0.29) is 0 Å². The Kier molecular flexibility index (Phi) is 5.38. The average Bonchev–Trinajstić information content (AvgIpc) is 3.17. The summed E-state index contributed by atoms with van der Waals surface area (Å²) in [5.41, 5.74) is 5.57. The van der Waals surface area contributed by atoms with Gasteiger partial charge in [0, 0.05) is 18.1 Å². The molecule has 0 atom stereocenters. The third-order valence-electron chi connectivity index (χ3n) is 3.43. The first-order valence-electron chi connectivity index (χ1n) is 7.58. The summed E-state index contributed by atoms with van der Waals surface area (Å²) in [5.74, 6) is 0.714. The van der Waals surface area contributed by atoms with Gasteiger partial charge in [0.2, 0.25) is 0 Å². The molecule has 0 aliphatic rings. The Morgan fingerprint density at radius 1 is 1.20 bits per heavy atom. The molecule has 0 aliphatic carbocycles. The van der Waals surface area contributed by atoms with E-state index in [1.165, 1.54) is 0 Å². The van der Waals surface area contributed by atoms with E-state index >= 15 is 0 Å². The molecule has 0 bridgehead atoms. The molecule has 25 heavy (non-hydrogen) atoms. The van der Waals surface area contributed by atoms with Crippen LogP contribution in [0.2, 0.25) is 0 Å². The van der Waals surface area contributed by atoms with Gasteiger partial charge in [-0.15, -0.1) is 0 Å². The fourth-order valence-electron chi connectivity index (χ4n) is 2.21. The molecule has 1 heterocycles. The minimum Gasteiger partial charge on any atom is -0.495 e. The van der Waals surface area contributed by atoms with Crippen LogP contribution in [0.25, 0.3) is 5.69 Å². The van der Waals surface area contributed by atoms with Gasteiger partial charge < -0.3 is 14.6 Å². The lowest BCUT2D eigenvalue weighted by molar-refractivity contribution is 0.417. The number of thiocarbonyl (C=S) groups is 1. The second-order valence-electron chi connectivity index (χ2n) is 5.09. The summed E-state index contributed by atoms with van der Waals surface area (Å²) in [7, 11) is 1.61. The Labute approximate surface area is 151 Å². The predicted octanol–water partition coefficient (Wildman–Crippen LogP) is 3.20. The quantitative estimate of drug-likeness (QED) is 0.420. The molecule has 0 fully saturated rings. The monoisotopic (exact) mass is 351 g/mol. The van der Waals surface area contributed by atoms with E-state index in [9.17, 15) is 0 Å². The van der Waals surface area contributed by atoms with E-state index in [1.807, 2.05) is 59.3 Å². The largest absolute Gasteiger partial charge is 0.495 e. The van der Waals surface area contributed by atoms with Gasteiger partial charge in [-0.05, 0) is 42.0 Å². The number of nitrogens with zero attached hydrogens (tertiary/aromatic N) is 3. The van der Waals surface area contributed by atoms with Gasteiger partial charge in [0.1, 0.15) is 5.75 Å². The molecule has 0 spiro atoms. The lowest BCUT2D eigenvalue weighted by Crippen LogP contribution is -2.24. The van der Waals surface area contributed by atoms with Crippen LogP contribution >= 0.6 is 12.2 Å². The summed E-state index contributed by atoms with van der Waals surface area (Å²) in [6.07, 6.45) is 7.10. The lowest BCUT2D eigenvalue weighted by Gasteiger charge is -2.10. The highest BCUT2D eigenvalue weighted by atomic mass is 32.1. The Balaban J connectivity index is 1.56. The minimum atomic E-state index is 0.385. The SMILES string of the molecule is COc1ccccc1NC(=S)N/N=C/c1ccc(-n2ccnc2)cc1. The molecule has 0 radical (unpaired) electrons. The summed E-state index contributed by atoms with van der Waals surface area (Å²) in [6.45, 7) is 0. The maximum absolute atomic E-state index is 5.27. The first-order chi connectivity index (χ1) is 12.3. The number of hydrazone groups is 1. The van der Waals surface area contributed by atoms with Gasteiger partial charge in [-0.1, -0.05) is 24.3 Å². The van der Waals surface area contributed by atoms with Crippen molar-refractivity contribution < 1.29 is 4.74 Å². The van der Waals surface area contributed by atoms with Gasteiger partial charge in [-0.2, -0.15) is 5.10 Å². The molecule has 6 nitrogen and oxygen atoms in total. The number of para-hydroxylation sites is 2. The van der Waals surface area contributed by atoms with Crippen molar-refractivity contribution in [1.29, 1.82) is 0 Å². The molecule has 126 valence electrons. The highest BCUT2D eigenvalue weighted by molar-refractivity contribution is 7.80. The van der Waals surface area contributed by atoms with Gasteiger partial charge in [0.25, 0.3) is 0 Å². The van der Waals surface area contributed by atoms with Crippen molar-refractivity contribution in [1.82, 2.24) is 15.0 Å². The fraction of sp³-hybridized carbons (Fsp3) is 0.0556. The van der Waals surface area contributed by atoms with E-state index in [2.05, 4.69) is 20.8 Å². The first kappa shape index (κ1) is 16.7. The number of methoxy groups -OCH3 is 1. The smallest absolute Gasteiger partial charge is 0.191 e. The van der Waals surface area contributed by atoms with E-state index in [0.717, 1.165) is 16.9 Å². The van der Waals surface area contributed by atoms with E-state index < -0.39 is 0 Å². The summed E-state index contributed by atoms with van der Waals surface area (Å²) in [6, 6.07) is 15.5. The number of ether oxygens (including phenoxy) is 1. The molecule has 2 N–H and O–H groups in total. The van der Waals surface area contributed by atoms with Crippen LogP contribution in [0, 0.1) is 0 Å². The number of rotatable bonds is 5. The highest BCUT2D eigenvalue weighted by Crippen LogP contribution is 2.22. The van der Waals surface area contributed by atoms with Crippen LogP contribution in [0.3, 0.4) is 0 Å². The van der Waals surface area contributed by atoms with Gasteiger partial charge in [-0.25, -0.2) is 4.98 Å². The molecule has 1 aromatic heterocycles. The second-order valence-corrected chi connectivity index (χ2v) is 5.49. The molecular formula is C18H17N5OS. The zero-order chi connectivity index (χ0) is 17.5. The molecule has 0 aliphatic heterocycles. The van der Waals surface area contributed by atoms with Crippen molar-refractivity contribution in [2.45, 2.75) is 0 Å². The Bertz CT molecular complexity index is 859. The predicted molar refractivity (Wildman–Crippen MR) is 104 cm³/mol. The van der Waals surface area contributed by atoms with Crippen LogP contribution in [0.1, 0.15) is 5.56 Å². The fourth-order valence-corrected chi connectivity index (χ4v) is 2.37. The normalized spacial score (nSPS) is 10.6. The van der Waals surface area contributed by atoms with Crippen molar-refractivity contribution >= 4 is 29.2 Å². The number of anilines is 1. The average molecular weight is 351 g/mol.